The van der Waals surface area contributed by atoms with E-state index < -0.39 is 14.9 Å². The van der Waals surface area contributed by atoms with Gasteiger partial charge in [0.2, 0.25) is 0 Å². The number of nitro benzene ring substituents is 1. The lowest BCUT2D eigenvalue weighted by molar-refractivity contribution is -0.383. The molecule has 0 bridgehead atoms. The normalized spacial score (nSPS) is 11.0. The number of ether oxygens (including phenoxy) is 1. The summed E-state index contributed by atoms with van der Waals surface area (Å²) in [4.78, 5) is 10.1. The molecule has 1 N–H and O–H groups in total. The van der Waals surface area contributed by atoms with Gasteiger partial charge in [-0.05, 0) is 24.3 Å². The van der Waals surface area contributed by atoms with E-state index in [0.29, 0.717) is 0 Å². The molecule has 0 aliphatic heterocycles. The maximum Gasteiger partial charge on any atom is 0.293 e. The molecule has 0 heterocycles. The molecule has 0 unspecified atom stereocenters. The number of anilines is 1. The monoisotopic (exact) mass is 342 g/mol. The van der Waals surface area contributed by atoms with Crippen LogP contribution in [-0.2, 0) is 10.0 Å². The van der Waals surface area contributed by atoms with Crippen molar-refractivity contribution >= 4 is 33.0 Å². The van der Waals surface area contributed by atoms with Crippen LogP contribution in [0, 0.1) is 10.1 Å². The molecule has 116 valence electrons. The molecule has 22 heavy (non-hydrogen) atoms. The molecule has 0 saturated carbocycles. The van der Waals surface area contributed by atoms with Crippen molar-refractivity contribution < 1.29 is 18.1 Å². The molecule has 0 atom stereocenters. The molecule has 0 radical (unpaired) electrons. The van der Waals surface area contributed by atoms with Crippen LogP contribution < -0.4 is 9.46 Å². The minimum atomic E-state index is -4.10. The predicted octanol–water partition coefficient (Wildman–Crippen LogP) is 3.06. The number of benzene rings is 2. The molecule has 2 aromatic carbocycles. The zero-order valence-electron chi connectivity index (χ0n) is 11.3. The zero-order chi connectivity index (χ0) is 16.3. The van der Waals surface area contributed by atoms with Crippen LogP contribution in [0.15, 0.2) is 47.4 Å². The van der Waals surface area contributed by atoms with Crippen LogP contribution in [0.25, 0.3) is 0 Å². The highest BCUT2D eigenvalue weighted by Gasteiger charge is 2.23. The lowest BCUT2D eigenvalue weighted by Crippen LogP contribution is -2.15. The molecule has 9 heteroatoms. The van der Waals surface area contributed by atoms with Crippen molar-refractivity contribution in [2.75, 3.05) is 11.8 Å². The van der Waals surface area contributed by atoms with Crippen molar-refractivity contribution in [2.24, 2.45) is 0 Å². The number of para-hydroxylation sites is 2. The number of nitrogens with one attached hydrogen (secondary N) is 1. The van der Waals surface area contributed by atoms with Gasteiger partial charge in [0.25, 0.3) is 15.7 Å². The fourth-order valence-electron chi connectivity index (χ4n) is 1.78. The fraction of sp³-hybridized carbons (Fsp3) is 0.0769. The highest BCUT2D eigenvalue weighted by atomic mass is 35.5. The van der Waals surface area contributed by atoms with Gasteiger partial charge in [0.05, 0.1) is 12.0 Å². The average molecular weight is 343 g/mol. The summed E-state index contributed by atoms with van der Waals surface area (Å²) in [7, 11) is -2.79. The Morgan fingerprint density at radius 1 is 1.23 bits per heavy atom. The highest BCUT2D eigenvalue weighted by molar-refractivity contribution is 7.92. The Balaban J connectivity index is 2.50. The largest absolute Gasteiger partial charge is 0.495 e. The first-order chi connectivity index (χ1) is 10.3. The number of nitro groups is 1. The van der Waals surface area contributed by atoms with E-state index in [4.69, 9.17) is 16.3 Å². The van der Waals surface area contributed by atoms with Crippen molar-refractivity contribution in [2.45, 2.75) is 4.90 Å². The Labute approximate surface area is 131 Å². The Morgan fingerprint density at radius 2 is 1.91 bits per heavy atom. The number of hydrogen-bond donors (Lipinski definition) is 1. The summed E-state index contributed by atoms with van der Waals surface area (Å²) < 4.78 is 32.0. The van der Waals surface area contributed by atoms with Gasteiger partial charge in [-0.15, -0.1) is 0 Å². The van der Waals surface area contributed by atoms with Crippen LogP contribution in [0.4, 0.5) is 11.4 Å². The SMILES string of the molecule is COc1ccc(Cl)cc1S(=O)(=O)Nc1ccccc1[N+](=O)[O-]. The van der Waals surface area contributed by atoms with Crippen molar-refractivity contribution in [1.29, 1.82) is 0 Å². The molecule has 0 spiro atoms. The average Bonchev–Trinajstić information content (AvgIpc) is 2.47. The number of nitrogens with zero attached hydrogens (tertiary/aromatic N) is 1. The summed E-state index contributed by atoms with van der Waals surface area (Å²) in [6.07, 6.45) is 0. The van der Waals surface area contributed by atoms with Gasteiger partial charge in [-0.2, -0.15) is 0 Å². The van der Waals surface area contributed by atoms with E-state index in [2.05, 4.69) is 4.72 Å². The van der Waals surface area contributed by atoms with Crippen LogP contribution >= 0.6 is 11.6 Å². The number of rotatable bonds is 5. The molecular weight excluding hydrogens is 332 g/mol. The molecule has 7 nitrogen and oxygen atoms in total. The van der Waals surface area contributed by atoms with Gasteiger partial charge >= 0.3 is 0 Å². The van der Waals surface area contributed by atoms with Crippen LogP contribution in [0.1, 0.15) is 0 Å². The number of halogens is 1. The van der Waals surface area contributed by atoms with E-state index >= 15 is 0 Å². The van der Waals surface area contributed by atoms with Crippen LogP contribution in [0.5, 0.6) is 5.75 Å². The predicted molar refractivity (Wildman–Crippen MR) is 81.9 cm³/mol. The van der Waals surface area contributed by atoms with E-state index in [9.17, 15) is 18.5 Å². The van der Waals surface area contributed by atoms with Crippen molar-refractivity contribution in [3.8, 4) is 5.75 Å². The van der Waals surface area contributed by atoms with Crippen LogP contribution in [0.2, 0.25) is 5.02 Å². The first-order valence-electron chi connectivity index (χ1n) is 5.95. The van der Waals surface area contributed by atoms with Gasteiger partial charge in [-0.1, -0.05) is 23.7 Å². The van der Waals surface area contributed by atoms with E-state index in [-0.39, 0.29) is 27.0 Å². The molecule has 0 aliphatic carbocycles. The molecule has 2 rings (SSSR count). The maximum absolute atomic E-state index is 12.4. The van der Waals surface area contributed by atoms with Crippen LogP contribution in [0.3, 0.4) is 0 Å². The third-order valence-electron chi connectivity index (χ3n) is 2.76. The second-order valence-electron chi connectivity index (χ2n) is 4.17. The smallest absolute Gasteiger partial charge is 0.293 e. The topological polar surface area (TPSA) is 98.5 Å². The lowest BCUT2D eigenvalue weighted by atomic mass is 10.3. The zero-order valence-corrected chi connectivity index (χ0v) is 12.9. The molecule has 0 amide bonds. The fourth-order valence-corrected chi connectivity index (χ4v) is 3.29. The molecule has 0 aliphatic rings. The van der Waals surface area contributed by atoms with E-state index in [1.165, 1.54) is 49.6 Å². The Hall–Kier alpha value is -2.32. The van der Waals surface area contributed by atoms with Gasteiger partial charge in [0.15, 0.2) is 0 Å². The molecule has 2 aromatic rings. The maximum atomic E-state index is 12.4. The lowest BCUT2D eigenvalue weighted by Gasteiger charge is -2.12. The van der Waals surface area contributed by atoms with E-state index in [0.717, 1.165) is 0 Å². The molecule has 0 fully saturated rings. The highest BCUT2D eigenvalue weighted by Crippen LogP contribution is 2.31. The van der Waals surface area contributed by atoms with Crippen molar-refractivity contribution in [1.82, 2.24) is 0 Å². The number of sulfonamides is 1. The Kier molecular flexibility index (Phi) is 4.53. The summed E-state index contributed by atoms with van der Waals surface area (Å²) in [5, 5.41) is 11.1. The second-order valence-corrected chi connectivity index (χ2v) is 6.26. The molecular formula is C13H11ClN2O5S. The van der Waals surface area contributed by atoms with Gasteiger partial charge in [-0.25, -0.2) is 8.42 Å². The number of methoxy groups -OCH3 is 1. The first-order valence-corrected chi connectivity index (χ1v) is 7.81. The van der Waals surface area contributed by atoms with E-state index in [1.54, 1.807) is 0 Å². The third kappa shape index (κ3) is 3.29. The van der Waals surface area contributed by atoms with Gasteiger partial charge < -0.3 is 4.74 Å². The van der Waals surface area contributed by atoms with Gasteiger partial charge in [-0.3, -0.25) is 14.8 Å². The minimum Gasteiger partial charge on any atom is -0.495 e. The number of hydrogen-bond acceptors (Lipinski definition) is 5. The minimum absolute atomic E-state index is 0.0792. The molecule has 0 aromatic heterocycles. The third-order valence-corrected chi connectivity index (χ3v) is 4.38. The summed E-state index contributed by atoms with van der Waals surface area (Å²) >= 11 is 5.81. The van der Waals surface area contributed by atoms with Crippen molar-refractivity contribution in [3.63, 3.8) is 0 Å². The summed E-state index contributed by atoms with van der Waals surface area (Å²) in [5.41, 5.74) is -0.499. The summed E-state index contributed by atoms with van der Waals surface area (Å²) in [5.74, 6) is 0.0792. The summed E-state index contributed by atoms with van der Waals surface area (Å²) in [6.45, 7) is 0. The summed E-state index contributed by atoms with van der Waals surface area (Å²) in [6, 6.07) is 9.51. The van der Waals surface area contributed by atoms with Gasteiger partial charge in [0, 0.05) is 11.1 Å². The second kappa shape index (κ2) is 6.20. The standard InChI is InChI=1S/C13H11ClN2O5S/c1-21-12-7-6-9(14)8-13(12)22(19,20)15-10-4-2-3-5-11(10)16(17)18/h2-8,15H,1H3. The van der Waals surface area contributed by atoms with Crippen LogP contribution in [-0.4, -0.2) is 20.5 Å². The molecule has 0 saturated heterocycles. The van der Waals surface area contributed by atoms with Crippen molar-refractivity contribution in [3.05, 3.63) is 57.6 Å². The quantitative estimate of drug-likeness (QED) is 0.665. The van der Waals surface area contributed by atoms with E-state index in [1.807, 2.05) is 0 Å². The first kappa shape index (κ1) is 16.1. The Morgan fingerprint density at radius 3 is 2.55 bits per heavy atom. The van der Waals surface area contributed by atoms with Gasteiger partial charge in [0.1, 0.15) is 16.3 Å². The Bertz CT molecular complexity index is 823.